The number of nitrogens with two attached hydrogens (primary N) is 1. The van der Waals surface area contributed by atoms with Crippen molar-refractivity contribution in [1.82, 2.24) is 20.1 Å². The van der Waals surface area contributed by atoms with Crippen LogP contribution in [0.1, 0.15) is 124 Å². The molecule has 0 bridgehead atoms. The highest BCUT2D eigenvalue weighted by Crippen LogP contribution is 2.36. The van der Waals surface area contributed by atoms with Gasteiger partial charge in [0.15, 0.2) is 0 Å². The van der Waals surface area contributed by atoms with E-state index in [1.165, 1.54) is 5.01 Å². The highest BCUT2D eigenvalue weighted by Gasteiger charge is 2.41. The lowest BCUT2D eigenvalue weighted by Crippen LogP contribution is -2.55. The Balaban J connectivity index is 1.82. The molecule has 5 N–H and O–H groups in total. The van der Waals surface area contributed by atoms with Crippen LogP contribution in [0, 0.1) is 23.7 Å². The number of amides is 3. The number of hydrogen-bond acceptors (Lipinski definition) is 7. The number of hydrazine groups is 1. The second-order valence-electron chi connectivity index (χ2n) is 14.9. The fraction of sp³-hybridized carbons (Fsp3) is 0.914. The predicted octanol–water partition coefficient (Wildman–Crippen LogP) is 4.13. The average Bonchev–Trinajstić information content (AvgIpc) is 3.06. The summed E-state index contributed by atoms with van der Waals surface area (Å²) in [6.45, 7) is 7.28. The highest BCUT2D eigenvalue weighted by molar-refractivity contribution is 7.90. The standard InChI is InChI=1S/C35H63F2N5O6S/c1-4-7-15-42(40-49(47,48)30-11-9-8-10-12-30)23-32(43)31(18-24-16-28(36)22-29(37)17-24)39-34(45)26-19-25(33(38)44)20-27(21-26)35(46)41(13-5-2)14-6-3/h24-32,40,43H,4-23H2,1-3H3,(H2,38,44)(H,39,45). The number of carbonyl (C=O) groups is 3. The number of carbonyl (C=O) groups excluding carboxylic acids is 3. The summed E-state index contributed by atoms with van der Waals surface area (Å²) in [6.07, 6.45) is 3.61. The van der Waals surface area contributed by atoms with Crippen LogP contribution in [-0.2, 0) is 24.4 Å². The summed E-state index contributed by atoms with van der Waals surface area (Å²) in [6, 6.07) is -0.946. The number of sulfonamides is 1. The molecule has 3 fully saturated rings. The van der Waals surface area contributed by atoms with Gasteiger partial charge in [0.25, 0.3) is 0 Å². The molecule has 0 heterocycles. The zero-order chi connectivity index (χ0) is 36.1. The van der Waals surface area contributed by atoms with Gasteiger partial charge < -0.3 is 21.1 Å². The van der Waals surface area contributed by atoms with Crippen LogP contribution < -0.4 is 15.9 Å². The van der Waals surface area contributed by atoms with Crippen molar-refractivity contribution in [1.29, 1.82) is 0 Å². The smallest absolute Gasteiger partial charge is 0.227 e. The van der Waals surface area contributed by atoms with Crippen molar-refractivity contribution in [2.75, 3.05) is 26.2 Å². The largest absolute Gasteiger partial charge is 0.390 e. The van der Waals surface area contributed by atoms with Gasteiger partial charge in [-0.2, -0.15) is 0 Å². The minimum atomic E-state index is -3.71. The zero-order valence-electron chi connectivity index (χ0n) is 30.0. The molecule has 3 saturated carbocycles. The average molecular weight is 720 g/mol. The fourth-order valence-corrected chi connectivity index (χ4v) is 9.69. The predicted molar refractivity (Wildman–Crippen MR) is 186 cm³/mol. The molecule has 0 aromatic heterocycles. The maximum atomic E-state index is 14.5. The number of alkyl halides is 2. The van der Waals surface area contributed by atoms with Crippen molar-refractivity contribution in [3.63, 3.8) is 0 Å². The number of hydrogen-bond donors (Lipinski definition) is 4. The highest BCUT2D eigenvalue weighted by atomic mass is 32.2. The molecule has 3 aliphatic rings. The van der Waals surface area contributed by atoms with Crippen molar-refractivity contribution >= 4 is 27.7 Å². The first-order valence-electron chi connectivity index (χ1n) is 18.9. The van der Waals surface area contributed by atoms with Gasteiger partial charge in [-0.25, -0.2) is 22.2 Å². The van der Waals surface area contributed by atoms with Crippen molar-refractivity contribution in [3.8, 4) is 0 Å². The maximum Gasteiger partial charge on any atom is 0.227 e. The van der Waals surface area contributed by atoms with Crippen molar-refractivity contribution in [3.05, 3.63) is 0 Å². The van der Waals surface area contributed by atoms with Gasteiger partial charge in [-0.05, 0) is 76.5 Å². The van der Waals surface area contributed by atoms with Crippen molar-refractivity contribution in [2.24, 2.45) is 29.4 Å². The molecule has 14 heteroatoms. The van der Waals surface area contributed by atoms with E-state index in [0.29, 0.717) is 38.9 Å². The third-order valence-electron chi connectivity index (χ3n) is 10.6. The Hall–Kier alpha value is -1.90. The summed E-state index contributed by atoms with van der Waals surface area (Å²) in [5, 5.41) is 15.6. The topological polar surface area (TPSA) is 162 Å². The molecule has 3 rings (SSSR count). The molecular formula is C35H63F2N5O6S. The van der Waals surface area contributed by atoms with Crippen LogP contribution in [-0.4, -0.2) is 97.1 Å². The van der Waals surface area contributed by atoms with Crippen LogP contribution in [0.5, 0.6) is 0 Å². The summed E-state index contributed by atoms with van der Waals surface area (Å²) in [4.78, 5) is 44.4. The minimum absolute atomic E-state index is 0.0971. The summed E-state index contributed by atoms with van der Waals surface area (Å²) >= 11 is 0. The molecule has 7 unspecified atom stereocenters. The second kappa shape index (κ2) is 20.2. The molecule has 3 amide bonds. The van der Waals surface area contributed by atoms with Gasteiger partial charge in [0.2, 0.25) is 27.7 Å². The van der Waals surface area contributed by atoms with E-state index in [9.17, 15) is 36.7 Å². The van der Waals surface area contributed by atoms with E-state index in [0.717, 1.165) is 38.5 Å². The number of primary amides is 1. The molecule has 0 radical (unpaired) electrons. The summed E-state index contributed by atoms with van der Waals surface area (Å²) < 4.78 is 55.6. The summed E-state index contributed by atoms with van der Waals surface area (Å²) in [5.41, 5.74) is 5.72. The number of halogens is 2. The number of unbranched alkanes of at least 4 members (excludes halogenated alkanes) is 1. The van der Waals surface area contributed by atoms with Crippen molar-refractivity contribution in [2.45, 2.75) is 153 Å². The molecule has 3 aliphatic carbocycles. The number of nitrogens with one attached hydrogen (secondary N) is 2. The first kappa shape index (κ1) is 41.5. The van der Waals surface area contributed by atoms with E-state index in [2.05, 4.69) is 10.1 Å². The third-order valence-corrected chi connectivity index (χ3v) is 12.5. The Morgan fingerprint density at radius 1 is 0.837 bits per heavy atom. The molecular weight excluding hydrogens is 656 g/mol. The fourth-order valence-electron chi connectivity index (χ4n) is 8.06. The van der Waals surface area contributed by atoms with E-state index in [1.54, 1.807) is 4.90 Å². The number of rotatable bonds is 19. The Bertz CT molecular complexity index is 1140. The van der Waals surface area contributed by atoms with Gasteiger partial charge in [-0.15, -0.1) is 4.83 Å². The lowest BCUT2D eigenvalue weighted by molar-refractivity contribution is -0.141. The van der Waals surface area contributed by atoms with E-state index < -0.39 is 75.2 Å². The molecule has 284 valence electrons. The van der Waals surface area contributed by atoms with Crippen LogP contribution in [0.4, 0.5) is 8.78 Å². The van der Waals surface area contributed by atoms with Crippen LogP contribution >= 0.6 is 0 Å². The summed E-state index contributed by atoms with van der Waals surface area (Å²) in [5.74, 6) is -3.58. The minimum Gasteiger partial charge on any atom is -0.390 e. The molecule has 0 aliphatic heterocycles. The zero-order valence-corrected chi connectivity index (χ0v) is 30.8. The normalized spacial score (nSPS) is 28.1. The van der Waals surface area contributed by atoms with Gasteiger partial charge in [0.05, 0.1) is 17.4 Å². The van der Waals surface area contributed by atoms with Gasteiger partial charge in [0.1, 0.15) is 12.3 Å². The van der Waals surface area contributed by atoms with Gasteiger partial charge >= 0.3 is 0 Å². The maximum absolute atomic E-state index is 14.5. The molecule has 7 atom stereocenters. The molecule has 11 nitrogen and oxygen atoms in total. The Labute approximate surface area is 292 Å². The van der Waals surface area contributed by atoms with E-state index in [1.807, 2.05) is 20.8 Å². The summed E-state index contributed by atoms with van der Waals surface area (Å²) in [7, 11) is -3.71. The first-order chi connectivity index (χ1) is 23.3. The van der Waals surface area contributed by atoms with Crippen LogP contribution in [0.15, 0.2) is 0 Å². The molecule has 49 heavy (non-hydrogen) atoms. The molecule has 0 spiro atoms. The number of aliphatic hydroxyl groups excluding tert-OH is 1. The molecule has 0 aromatic rings. The van der Waals surface area contributed by atoms with Gasteiger partial charge in [0, 0.05) is 50.4 Å². The number of aliphatic hydroxyl groups is 1. The Kier molecular flexibility index (Phi) is 17.1. The Morgan fingerprint density at radius 3 is 2.00 bits per heavy atom. The SMILES string of the molecule is CCCCN(CC(O)C(CC1CC(F)CC(F)C1)NC(=O)C1CC(C(N)=O)CC(C(=O)N(CCC)CCC)C1)NS(=O)(=O)C1CCCCC1. The quantitative estimate of drug-likeness (QED) is 0.146. The Morgan fingerprint density at radius 2 is 1.43 bits per heavy atom. The van der Waals surface area contributed by atoms with Crippen molar-refractivity contribution < 1.29 is 36.7 Å². The van der Waals surface area contributed by atoms with Gasteiger partial charge in [-0.1, -0.05) is 46.5 Å². The lowest BCUT2D eigenvalue weighted by atomic mass is 9.73. The molecule has 0 aromatic carbocycles. The third kappa shape index (κ3) is 13.0. The van der Waals surface area contributed by atoms with Crippen LogP contribution in [0.25, 0.3) is 0 Å². The monoisotopic (exact) mass is 719 g/mol. The van der Waals surface area contributed by atoms with Crippen LogP contribution in [0.2, 0.25) is 0 Å². The first-order valence-corrected chi connectivity index (χ1v) is 20.4. The van der Waals surface area contributed by atoms with Gasteiger partial charge in [-0.3, -0.25) is 14.4 Å². The van der Waals surface area contributed by atoms with E-state index in [-0.39, 0.29) is 57.4 Å². The van der Waals surface area contributed by atoms with E-state index >= 15 is 0 Å². The van der Waals surface area contributed by atoms with E-state index in [4.69, 9.17) is 5.73 Å². The molecule has 0 saturated heterocycles. The lowest BCUT2D eigenvalue weighted by Gasteiger charge is -2.38. The second-order valence-corrected chi connectivity index (χ2v) is 16.8. The number of nitrogens with zero attached hydrogens (tertiary/aromatic N) is 2. The van der Waals surface area contributed by atoms with Crippen LogP contribution in [0.3, 0.4) is 0 Å².